The van der Waals surface area contributed by atoms with Gasteiger partial charge in [-0.25, -0.2) is 0 Å². The second kappa shape index (κ2) is 310. The first kappa shape index (κ1) is 322. The van der Waals surface area contributed by atoms with Gasteiger partial charge in [0.15, 0.2) is 0 Å². The van der Waals surface area contributed by atoms with Gasteiger partial charge in [0.25, 0.3) is 0 Å². The van der Waals surface area contributed by atoms with Gasteiger partial charge in [-0.05, 0) is 0 Å². The molecule has 0 heterocycles. The molecule has 0 aromatic carbocycles. The Morgan fingerprint density at radius 1 is 1.00 bits per heavy atom. The Morgan fingerprint density at radius 3 is 1.00 bits per heavy atom. The fourth-order valence-corrected chi connectivity index (χ4v) is 0. The molecule has 0 aromatic heterocycles. The third-order valence-electron chi connectivity index (χ3n) is 0. The molecule has 0 saturated carbocycles. The van der Waals surface area contributed by atoms with Crippen molar-refractivity contribution in [1.82, 2.24) is 0 Å². The molecule has 0 fully saturated rings. The summed E-state index contributed by atoms with van der Waals surface area (Å²) in [5, 5.41) is 0. The first-order chi connectivity index (χ1) is 0. The Kier molecular flexibility index (Phi) is 2500. The summed E-state index contributed by atoms with van der Waals surface area (Å²) in [6.45, 7) is 0. The van der Waals surface area contributed by atoms with Crippen molar-refractivity contribution in [3.63, 3.8) is 0 Å². The van der Waals surface area contributed by atoms with Gasteiger partial charge in [0.05, 0.1) is 0 Å². The molecule has 0 unspecified atom stereocenters. The van der Waals surface area contributed by atoms with Gasteiger partial charge in [-0.15, -0.1) is 0 Å². The summed E-state index contributed by atoms with van der Waals surface area (Å²) < 4.78 is 0. The molecule has 254 valence electrons. The van der Waals surface area contributed by atoms with E-state index in [0.717, 1.165) is 0 Å². The Balaban J connectivity index is 0. The van der Waals surface area contributed by atoms with E-state index in [1.165, 1.54) is 0 Å². The summed E-state index contributed by atoms with van der Waals surface area (Å²) in [4.78, 5) is 0. The molecule has 0 aromatic rings. The standard InChI is InChI=1S/Au.Ca.Ce.Co.Cr.Cs.Cu.Dy.Er.Gd.Ge.Hf.Hg.Ho.K.Mn.Mo.Nd.Ni.Os.P.Pd.Pt.Rb.Re.Rh.Ru.Sn.Tb.Te.Th.Ti.Tl.U.V.W.Y.Yb.Zn.Zr.5H. The Morgan fingerprint density at radius 2 is 1.00 bits per heavy atom. The Bertz CT molecular complexity index is 213. The topological polar surface area (TPSA) is 0 Å². The quantitative estimate of drug-likeness (QED) is 0.174. The van der Waals surface area contributed by atoms with Gasteiger partial charge in [0.2, 0.25) is 0 Å². The first-order valence-corrected chi connectivity index (χ1v) is 0. The molecular formula is H5AuCaCeCoCrCsCuDyErGdGeHfHgHoKMnMoNdNiOsPPdPtRbReRhRuSnTbTeThTiTlUVWYYbZnZr. The molecule has 0 atom stereocenters. The summed E-state index contributed by atoms with van der Waals surface area (Å²) >= 11 is 0. The molecule has 0 aliphatic rings. The van der Waals surface area contributed by atoms with Crippen LogP contribution in [0.1, 0.15) is 0 Å². The predicted octanol–water partition coefficient (Wildman–Crippen LogP) is -3.58. The van der Waals surface area contributed by atoms with Gasteiger partial charge in [-0.3, -0.25) is 0 Å². The van der Waals surface area contributed by atoms with Gasteiger partial charge in [0, 0.05) is 937 Å². The molecule has 24 radical (unpaired) electrons. The van der Waals surface area contributed by atoms with Crippen molar-refractivity contribution in [3.8, 4) is 0 Å². The number of rotatable bonds is 0. The zero-order valence-corrected chi connectivity index (χ0v) is 99.7. The molecule has 0 spiro atoms. The van der Waals surface area contributed by atoms with Gasteiger partial charge in [-0.1, -0.05) is 0 Å². The van der Waals surface area contributed by atoms with E-state index in [9.17, 15) is 0 Å². The van der Waals surface area contributed by atoms with Crippen LogP contribution >= 0.6 is 9.90 Å². The van der Waals surface area contributed by atoms with Crippen molar-refractivity contribution >= 4 is 319 Å². The maximum Gasteiger partial charge on any atom is 0 e. The third kappa shape index (κ3) is 298. The molecule has 0 N–H and O–H groups in total. The van der Waals surface area contributed by atoms with E-state index in [1.807, 2.05) is 0 Å². The molecule has 0 nitrogen and oxygen atoms in total. The van der Waals surface area contributed by atoms with Crippen molar-refractivity contribution in [2.75, 3.05) is 0 Å². The van der Waals surface area contributed by atoms with Crippen LogP contribution in [0.15, 0.2) is 0 Å². The van der Waals surface area contributed by atoms with Crippen molar-refractivity contribution < 1.29 is 834 Å². The molecule has 40 heavy (non-hydrogen) atoms. The molecule has 40 heteroatoms. The molecule has 0 bridgehead atoms. The zero-order chi connectivity index (χ0) is 0. The second-order valence-corrected chi connectivity index (χ2v) is 0. The van der Waals surface area contributed by atoms with E-state index in [2.05, 4.69) is 0 Å². The fraction of sp³-hybridized carbons (Fsp3) is 0. The monoisotopic (exact) mass is 4970 g/mol. The largest absolute Gasteiger partial charge is 0 e. The van der Waals surface area contributed by atoms with Crippen LogP contribution in [0.2, 0.25) is 0 Å². The van der Waals surface area contributed by atoms with Gasteiger partial charge >= 0.3 is 216 Å². The summed E-state index contributed by atoms with van der Waals surface area (Å²) in [5.41, 5.74) is 0. The van der Waals surface area contributed by atoms with Crippen LogP contribution in [-0.4, -0.2) is 309 Å². The van der Waals surface area contributed by atoms with E-state index in [1.54, 1.807) is 0 Å². The van der Waals surface area contributed by atoms with Gasteiger partial charge in [0.1, 0.15) is 0 Å². The van der Waals surface area contributed by atoms with Crippen molar-refractivity contribution in [3.05, 3.63) is 0 Å². The maximum atomic E-state index is 0. The Labute approximate surface area is 1110 Å². The molecule has 0 aliphatic carbocycles. The number of hydrogen-bond acceptors (Lipinski definition) is 0. The smallest absolute Gasteiger partial charge is 0 e. The van der Waals surface area contributed by atoms with E-state index in [0.29, 0.717) is 0 Å². The number of hydrogen-bond donors (Lipinski definition) is 0. The van der Waals surface area contributed by atoms with Crippen molar-refractivity contribution in [1.29, 1.82) is 0 Å². The van der Waals surface area contributed by atoms with Crippen LogP contribution in [0, 0.1) is 392 Å². The van der Waals surface area contributed by atoms with Gasteiger partial charge in [-0.2, -0.15) is 0 Å². The summed E-state index contributed by atoms with van der Waals surface area (Å²) in [5.74, 6) is 0. The first-order valence-electron chi connectivity index (χ1n) is 0. The van der Waals surface area contributed by atoms with Crippen LogP contribution in [-0.2, 0) is 442 Å². The minimum atomic E-state index is 0. The molecule has 0 aliphatic heterocycles. The van der Waals surface area contributed by atoms with E-state index < -0.39 is 0 Å². The second-order valence-electron chi connectivity index (χ2n) is 0. The van der Waals surface area contributed by atoms with E-state index in [4.69, 9.17) is 0 Å². The van der Waals surface area contributed by atoms with Crippen LogP contribution in [0.4, 0.5) is 0 Å². The molecular weight excluding hydrogens is 4960 g/mol. The Hall–Kier alpha value is 37.5. The molecule has 0 saturated heterocycles. The predicted molar refractivity (Wildman–Crippen MR) is 59.9 cm³/mol. The molecule has 0 rings (SSSR count). The average Bonchev–Trinajstić information content (AvgIpc) is 0. The minimum Gasteiger partial charge on any atom is 0 e. The molecule has 0 amide bonds. The fourth-order valence-electron chi connectivity index (χ4n) is 0. The van der Waals surface area contributed by atoms with Gasteiger partial charge < -0.3 is 0 Å². The summed E-state index contributed by atoms with van der Waals surface area (Å²) in [7, 11) is 0. The zero-order valence-electron chi connectivity index (χ0n) is 15.1. The minimum absolute atomic E-state index is 0. The normalized spacial score (nSPS) is 0. The van der Waals surface area contributed by atoms with Crippen LogP contribution < -0.4 is 0 Å². The summed E-state index contributed by atoms with van der Waals surface area (Å²) in [6, 6.07) is 0. The maximum absolute atomic E-state index is 0. The van der Waals surface area contributed by atoms with E-state index in [-0.39, 0.29) is 1150 Å². The van der Waals surface area contributed by atoms with E-state index >= 15 is 0 Å². The average molecular weight is 4970 g/mol. The summed E-state index contributed by atoms with van der Waals surface area (Å²) in [6.07, 6.45) is 0. The van der Waals surface area contributed by atoms with Crippen LogP contribution in [0.5, 0.6) is 0 Å². The van der Waals surface area contributed by atoms with Crippen LogP contribution in [0.25, 0.3) is 0 Å². The van der Waals surface area contributed by atoms with Crippen molar-refractivity contribution in [2.45, 2.75) is 0 Å². The third-order valence-corrected chi connectivity index (χ3v) is 0. The van der Waals surface area contributed by atoms with Crippen LogP contribution in [0.3, 0.4) is 0 Å². The van der Waals surface area contributed by atoms with Crippen molar-refractivity contribution in [2.24, 2.45) is 0 Å². The SMILES string of the molecule is [Au].[CaH2].[Ce].[Co].[Cr].[CsH].[Cu].[Dy].[Er].[Gd].[Ge].[Hf].[Hg].[Ho].[KH].[Mn].[Mo].[Nd].[Ni].[Os].[P].[Pd].[Pt].[RbH].[Re].[Rh].[Ru].[Sn].[Tb].[Te].[Th].[Ti].[Tl].[U].[V].[W].[Y].[Yb].[Zn].[Zr].